The van der Waals surface area contributed by atoms with Crippen molar-refractivity contribution in [3.8, 4) is 33.9 Å². The summed E-state index contributed by atoms with van der Waals surface area (Å²) in [5.74, 6) is 1.63. The van der Waals surface area contributed by atoms with E-state index >= 15 is 0 Å². The summed E-state index contributed by atoms with van der Waals surface area (Å²) in [5, 5.41) is 9.54. The number of fused-ring (bicyclic) bond motifs is 2. The van der Waals surface area contributed by atoms with Gasteiger partial charge in [-0.25, -0.2) is 9.97 Å². The fraction of sp³-hybridized carbons (Fsp3) is 0.0638. The minimum atomic E-state index is 0.0754. The number of rotatable bonds is 11. The minimum Gasteiger partial charge on any atom is -0.487 e. The van der Waals surface area contributed by atoms with Crippen molar-refractivity contribution in [3.63, 3.8) is 0 Å². The molecule has 4 aromatic carbocycles. The van der Waals surface area contributed by atoms with Gasteiger partial charge in [-0.1, -0.05) is 72.8 Å². The van der Waals surface area contributed by atoms with Gasteiger partial charge in [0.05, 0.1) is 34.3 Å². The number of H-pyrrole nitrogens is 1. The van der Waals surface area contributed by atoms with Gasteiger partial charge in [-0.2, -0.15) is 5.10 Å². The molecule has 0 fully saturated rings. The van der Waals surface area contributed by atoms with Crippen LogP contribution in [0.5, 0.6) is 11.5 Å². The van der Waals surface area contributed by atoms with Crippen molar-refractivity contribution >= 4 is 27.6 Å². The summed E-state index contributed by atoms with van der Waals surface area (Å²) in [4.78, 5) is 29.5. The number of Topliss-reactive ketones (excluding diaryl/α,β-unsaturated/α-hetero) is 1. The van der Waals surface area contributed by atoms with E-state index in [-0.39, 0.29) is 5.78 Å². The molecule has 0 amide bonds. The zero-order chi connectivity index (χ0) is 37.9. The van der Waals surface area contributed by atoms with Gasteiger partial charge in [-0.3, -0.25) is 19.9 Å². The monoisotopic (exact) mass is 732 g/mol. The van der Waals surface area contributed by atoms with Crippen LogP contribution in [0.15, 0.2) is 177 Å². The summed E-state index contributed by atoms with van der Waals surface area (Å²) in [6, 6.07) is 47.2. The van der Waals surface area contributed by atoms with Gasteiger partial charge in [-0.15, -0.1) is 0 Å². The van der Waals surface area contributed by atoms with Crippen molar-refractivity contribution in [2.45, 2.75) is 19.6 Å². The van der Waals surface area contributed by atoms with E-state index in [1.807, 2.05) is 121 Å². The average Bonchev–Trinajstić information content (AvgIpc) is 3.77. The lowest BCUT2D eigenvalue weighted by Crippen LogP contribution is -2.03. The Morgan fingerprint density at radius 2 is 1.07 bits per heavy atom. The van der Waals surface area contributed by atoms with E-state index in [1.54, 1.807) is 36.9 Å². The number of para-hydroxylation sites is 2. The Morgan fingerprint density at radius 1 is 0.536 bits per heavy atom. The highest BCUT2D eigenvalue weighted by Gasteiger charge is 2.11. The fourth-order valence-electron chi connectivity index (χ4n) is 6.19. The lowest BCUT2D eigenvalue weighted by Gasteiger charge is -2.08. The Morgan fingerprint density at radius 3 is 1.66 bits per heavy atom. The lowest BCUT2D eigenvalue weighted by atomic mass is 10.0. The molecule has 9 rings (SSSR count). The maximum absolute atomic E-state index is 12.2. The molecule has 0 bridgehead atoms. The molecule has 0 unspecified atom stereocenters. The zero-order valence-electron chi connectivity index (χ0n) is 30.3. The van der Waals surface area contributed by atoms with Crippen LogP contribution in [0.25, 0.3) is 44.2 Å². The van der Waals surface area contributed by atoms with Crippen LogP contribution in [0.4, 0.5) is 0 Å². The summed E-state index contributed by atoms with van der Waals surface area (Å²) < 4.78 is 11.8. The molecule has 9 nitrogen and oxygen atoms in total. The fourth-order valence-corrected chi connectivity index (χ4v) is 6.19. The van der Waals surface area contributed by atoms with E-state index in [0.29, 0.717) is 25.2 Å². The molecular formula is C47H36N6O3. The Kier molecular flexibility index (Phi) is 10.8. The SMILES string of the molecule is O=C(Cc1ccc(OCc2ccc3ccccc3n2)cc1)c1ccncc1.c1ccc2nc(COc3ccc(-c4cn[nH]c4-c4ccncc4)cc3)ccc2c1. The van der Waals surface area contributed by atoms with Gasteiger partial charge in [0.25, 0.3) is 0 Å². The highest BCUT2D eigenvalue weighted by atomic mass is 16.5. The molecule has 1 N–H and O–H groups in total. The third kappa shape index (κ3) is 8.81. The van der Waals surface area contributed by atoms with Crippen LogP contribution in [-0.2, 0) is 19.6 Å². The van der Waals surface area contributed by atoms with Gasteiger partial charge < -0.3 is 9.47 Å². The van der Waals surface area contributed by atoms with Crippen molar-refractivity contribution in [3.05, 3.63) is 199 Å². The zero-order valence-corrected chi connectivity index (χ0v) is 30.3. The van der Waals surface area contributed by atoms with E-state index in [2.05, 4.69) is 48.3 Å². The number of benzene rings is 4. The molecule has 0 aliphatic carbocycles. The molecular weight excluding hydrogens is 697 g/mol. The number of nitrogens with one attached hydrogen (secondary N) is 1. The number of hydrogen-bond donors (Lipinski definition) is 1. The van der Waals surface area contributed by atoms with E-state index in [9.17, 15) is 4.79 Å². The lowest BCUT2D eigenvalue weighted by molar-refractivity contribution is 0.0993. The predicted molar refractivity (Wildman–Crippen MR) is 218 cm³/mol. The summed E-state index contributed by atoms with van der Waals surface area (Å²) in [7, 11) is 0. The second-order valence-corrected chi connectivity index (χ2v) is 13.0. The quantitative estimate of drug-likeness (QED) is 0.131. The standard InChI is InChI=1S/C24H18N4O.C23H18N2O2/c1-2-4-23-18(3-1)5-8-20(27-23)16-29-21-9-6-17(7-10-21)22-15-26-28-24(22)19-11-13-25-14-12-19;26-23(19-11-13-24-14-12-19)15-17-5-9-21(10-6-17)27-16-20-8-7-18-3-1-2-4-22(18)25-20/h1-15H,16H2,(H,26,28);1-14H,15-16H2. The Hall–Kier alpha value is -7.52. The molecule has 272 valence electrons. The summed E-state index contributed by atoms with van der Waals surface area (Å²) in [6.45, 7) is 0.832. The molecule has 5 aromatic heterocycles. The predicted octanol–water partition coefficient (Wildman–Crippen LogP) is 9.90. The summed E-state index contributed by atoms with van der Waals surface area (Å²) in [6.07, 6.45) is 9.01. The number of ketones is 1. The molecule has 0 saturated carbocycles. The van der Waals surface area contributed by atoms with Gasteiger partial charge in [0.2, 0.25) is 0 Å². The smallest absolute Gasteiger partial charge is 0.167 e. The van der Waals surface area contributed by atoms with Crippen molar-refractivity contribution in [1.82, 2.24) is 30.1 Å². The highest BCUT2D eigenvalue weighted by Crippen LogP contribution is 2.31. The molecule has 9 heteroatoms. The number of carbonyl (C=O) groups is 1. The summed E-state index contributed by atoms with van der Waals surface area (Å²) in [5.41, 5.74) is 9.49. The molecule has 56 heavy (non-hydrogen) atoms. The maximum atomic E-state index is 12.2. The van der Waals surface area contributed by atoms with Gasteiger partial charge in [0.1, 0.15) is 24.7 Å². The molecule has 0 spiro atoms. The highest BCUT2D eigenvalue weighted by molar-refractivity contribution is 5.97. The van der Waals surface area contributed by atoms with Crippen LogP contribution in [-0.4, -0.2) is 35.9 Å². The Labute approximate surface area is 323 Å². The first kappa shape index (κ1) is 35.5. The van der Waals surface area contributed by atoms with Gasteiger partial charge in [0.15, 0.2) is 5.78 Å². The number of carbonyl (C=O) groups excluding carboxylic acids is 1. The second kappa shape index (κ2) is 17.1. The Bertz CT molecular complexity index is 2680. The third-order valence-corrected chi connectivity index (χ3v) is 9.15. The molecule has 5 heterocycles. The molecule has 0 aliphatic heterocycles. The van der Waals surface area contributed by atoms with Crippen molar-refractivity contribution in [2.24, 2.45) is 0 Å². The largest absolute Gasteiger partial charge is 0.487 e. The number of pyridine rings is 4. The summed E-state index contributed by atoms with van der Waals surface area (Å²) >= 11 is 0. The molecule has 9 aromatic rings. The number of ether oxygens (including phenoxy) is 2. The number of hydrogen-bond acceptors (Lipinski definition) is 8. The van der Waals surface area contributed by atoms with Crippen LogP contribution in [0.1, 0.15) is 27.3 Å². The van der Waals surface area contributed by atoms with E-state index in [0.717, 1.165) is 72.6 Å². The van der Waals surface area contributed by atoms with E-state index < -0.39 is 0 Å². The number of nitrogens with zero attached hydrogens (tertiary/aromatic N) is 5. The third-order valence-electron chi connectivity index (χ3n) is 9.15. The molecule has 0 saturated heterocycles. The van der Waals surface area contributed by atoms with Gasteiger partial charge >= 0.3 is 0 Å². The first-order valence-electron chi connectivity index (χ1n) is 18.2. The van der Waals surface area contributed by atoms with E-state index in [4.69, 9.17) is 9.47 Å². The molecule has 0 radical (unpaired) electrons. The van der Waals surface area contributed by atoms with Crippen LogP contribution < -0.4 is 9.47 Å². The first-order chi connectivity index (χ1) is 27.6. The van der Waals surface area contributed by atoms with Crippen molar-refractivity contribution in [2.75, 3.05) is 0 Å². The maximum Gasteiger partial charge on any atom is 0.167 e. The van der Waals surface area contributed by atoms with E-state index in [1.165, 1.54) is 0 Å². The minimum absolute atomic E-state index is 0.0754. The van der Waals surface area contributed by atoms with Crippen LogP contribution in [0.2, 0.25) is 0 Å². The topological polar surface area (TPSA) is 116 Å². The normalized spacial score (nSPS) is 10.8. The number of aromatic nitrogens is 6. The van der Waals surface area contributed by atoms with Gasteiger partial charge in [-0.05, 0) is 83.9 Å². The first-order valence-corrected chi connectivity index (χ1v) is 18.2. The van der Waals surface area contributed by atoms with Crippen LogP contribution in [0, 0.1) is 0 Å². The van der Waals surface area contributed by atoms with Crippen molar-refractivity contribution < 1.29 is 14.3 Å². The van der Waals surface area contributed by atoms with Gasteiger partial charge in [0, 0.05) is 58.7 Å². The van der Waals surface area contributed by atoms with Crippen molar-refractivity contribution in [1.29, 1.82) is 0 Å². The average molecular weight is 733 g/mol. The van der Waals surface area contributed by atoms with Crippen LogP contribution in [0.3, 0.4) is 0 Å². The Balaban J connectivity index is 0.000000158. The van der Waals surface area contributed by atoms with Crippen LogP contribution >= 0.6 is 0 Å². The number of aromatic amines is 1. The molecule has 0 atom stereocenters. The second-order valence-electron chi connectivity index (χ2n) is 13.0. The molecule has 0 aliphatic rings.